The molecule has 6 nitrogen and oxygen atoms in total. The van der Waals surface area contributed by atoms with Crippen LogP contribution in [0.3, 0.4) is 0 Å². The summed E-state index contributed by atoms with van der Waals surface area (Å²) in [6.07, 6.45) is -3.83. The molecule has 3 aromatic carbocycles. The molecule has 0 aliphatic heterocycles. The lowest BCUT2D eigenvalue weighted by Gasteiger charge is -2.17. The number of hydrogen-bond donors (Lipinski definition) is 2. The SMILES string of the molecule is CS(=O)(=O)c1ccc(NC(=O)c2ccc(-c3ccccc3OC(F)(F)F)c(CNCCF)c2)cc1. The van der Waals surface area contributed by atoms with E-state index >= 15 is 0 Å². The second-order valence-electron chi connectivity index (χ2n) is 7.53. The third-order valence-corrected chi connectivity index (χ3v) is 6.03. The van der Waals surface area contributed by atoms with Crippen molar-refractivity contribution in [2.75, 3.05) is 24.8 Å². The zero-order valence-electron chi connectivity index (χ0n) is 18.5. The Morgan fingerprint density at radius 3 is 2.29 bits per heavy atom. The highest BCUT2D eigenvalue weighted by atomic mass is 32.2. The summed E-state index contributed by atoms with van der Waals surface area (Å²) in [6, 6.07) is 15.6. The van der Waals surface area contributed by atoms with Crippen molar-refractivity contribution in [3.63, 3.8) is 0 Å². The van der Waals surface area contributed by atoms with Crippen molar-refractivity contribution in [1.29, 1.82) is 0 Å². The molecular formula is C24H22F4N2O4S. The predicted molar refractivity (Wildman–Crippen MR) is 124 cm³/mol. The minimum atomic E-state index is -4.89. The number of amides is 1. The van der Waals surface area contributed by atoms with Crippen molar-refractivity contribution in [3.05, 3.63) is 77.9 Å². The van der Waals surface area contributed by atoms with Gasteiger partial charge in [-0.05, 0) is 53.6 Å². The number of anilines is 1. The second kappa shape index (κ2) is 10.9. The van der Waals surface area contributed by atoms with E-state index in [4.69, 9.17) is 0 Å². The van der Waals surface area contributed by atoms with Gasteiger partial charge in [-0.25, -0.2) is 12.8 Å². The number of alkyl halides is 4. The molecule has 0 aromatic heterocycles. The molecule has 0 unspecified atom stereocenters. The molecule has 0 aliphatic rings. The van der Waals surface area contributed by atoms with Crippen molar-refractivity contribution in [2.24, 2.45) is 0 Å². The van der Waals surface area contributed by atoms with Crippen molar-refractivity contribution in [3.8, 4) is 16.9 Å². The van der Waals surface area contributed by atoms with Gasteiger partial charge in [-0.2, -0.15) is 0 Å². The molecule has 186 valence electrons. The first-order valence-electron chi connectivity index (χ1n) is 10.3. The molecule has 0 atom stereocenters. The van der Waals surface area contributed by atoms with E-state index in [-0.39, 0.29) is 29.1 Å². The Labute approximate surface area is 199 Å². The fourth-order valence-corrected chi connectivity index (χ4v) is 3.96. The van der Waals surface area contributed by atoms with Crippen LogP contribution in [0.4, 0.5) is 23.2 Å². The van der Waals surface area contributed by atoms with Crippen LogP contribution in [-0.2, 0) is 16.4 Å². The average molecular weight is 511 g/mol. The highest BCUT2D eigenvalue weighted by molar-refractivity contribution is 7.90. The van der Waals surface area contributed by atoms with Crippen LogP contribution in [0, 0.1) is 0 Å². The van der Waals surface area contributed by atoms with E-state index in [2.05, 4.69) is 15.4 Å². The van der Waals surface area contributed by atoms with Gasteiger partial charge in [0.15, 0.2) is 9.84 Å². The summed E-state index contributed by atoms with van der Waals surface area (Å²) in [4.78, 5) is 12.9. The van der Waals surface area contributed by atoms with E-state index < -0.39 is 34.5 Å². The van der Waals surface area contributed by atoms with Crippen molar-refractivity contribution in [2.45, 2.75) is 17.8 Å². The number of nitrogens with one attached hydrogen (secondary N) is 2. The van der Waals surface area contributed by atoms with Gasteiger partial charge in [0.05, 0.1) is 4.90 Å². The Balaban J connectivity index is 1.93. The van der Waals surface area contributed by atoms with E-state index in [1.54, 1.807) is 6.07 Å². The number of ether oxygens (including phenoxy) is 1. The fourth-order valence-electron chi connectivity index (χ4n) is 3.33. The number of rotatable bonds is 9. The highest BCUT2D eigenvalue weighted by Gasteiger charge is 2.32. The van der Waals surface area contributed by atoms with E-state index in [9.17, 15) is 30.8 Å². The number of carbonyl (C=O) groups is 1. The average Bonchev–Trinajstić information content (AvgIpc) is 2.78. The standard InChI is InChI=1S/C24H22F4N2O4S/c1-35(32,33)19-9-7-18(8-10-19)30-23(31)16-6-11-20(17(14-16)15-29-13-12-25)21-4-2-3-5-22(21)34-24(26,27)28/h2-11,14,29H,12-13,15H2,1H3,(H,30,31). The molecule has 35 heavy (non-hydrogen) atoms. The predicted octanol–water partition coefficient (Wildman–Crippen LogP) is 4.97. The topological polar surface area (TPSA) is 84.5 Å². The second-order valence-corrected chi connectivity index (χ2v) is 9.55. The van der Waals surface area contributed by atoms with Gasteiger partial charge in [-0.3, -0.25) is 4.79 Å². The third-order valence-electron chi connectivity index (χ3n) is 4.90. The van der Waals surface area contributed by atoms with E-state index in [1.807, 2.05) is 0 Å². The molecule has 0 spiro atoms. The van der Waals surface area contributed by atoms with Crippen molar-refractivity contribution in [1.82, 2.24) is 5.32 Å². The van der Waals surface area contributed by atoms with Gasteiger partial charge >= 0.3 is 6.36 Å². The van der Waals surface area contributed by atoms with E-state index in [0.29, 0.717) is 16.8 Å². The first-order chi connectivity index (χ1) is 16.5. The zero-order chi connectivity index (χ0) is 25.6. The molecule has 2 N–H and O–H groups in total. The summed E-state index contributed by atoms with van der Waals surface area (Å²) >= 11 is 0. The molecule has 0 fully saturated rings. The number of carbonyl (C=O) groups excluding carboxylic acids is 1. The molecule has 0 heterocycles. The molecule has 11 heteroatoms. The number of benzene rings is 3. The van der Waals surface area contributed by atoms with Gasteiger partial charge in [0, 0.05) is 36.2 Å². The van der Waals surface area contributed by atoms with Crippen LogP contribution in [-0.4, -0.2) is 40.2 Å². The number of sulfone groups is 1. The first-order valence-corrected chi connectivity index (χ1v) is 12.2. The lowest BCUT2D eigenvalue weighted by molar-refractivity contribution is -0.274. The summed E-state index contributed by atoms with van der Waals surface area (Å²) in [5.74, 6) is -0.926. The summed E-state index contributed by atoms with van der Waals surface area (Å²) in [5.41, 5.74) is 1.55. The van der Waals surface area contributed by atoms with E-state index in [1.165, 1.54) is 60.7 Å². The van der Waals surface area contributed by atoms with Crippen LogP contribution in [0.5, 0.6) is 5.75 Å². The molecular weight excluding hydrogens is 488 g/mol. The maximum absolute atomic E-state index is 12.9. The number of halogens is 4. The summed E-state index contributed by atoms with van der Waals surface area (Å²) in [6.45, 7) is -0.542. The minimum Gasteiger partial charge on any atom is -0.405 e. The number of hydrogen-bond acceptors (Lipinski definition) is 5. The van der Waals surface area contributed by atoms with Gasteiger partial charge in [0.1, 0.15) is 12.4 Å². The Hall–Kier alpha value is -3.44. The molecule has 0 radical (unpaired) electrons. The van der Waals surface area contributed by atoms with Crippen LogP contribution < -0.4 is 15.4 Å². The Morgan fingerprint density at radius 1 is 0.971 bits per heavy atom. The molecule has 3 aromatic rings. The van der Waals surface area contributed by atoms with Crippen LogP contribution >= 0.6 is 0 Å². The molecule has 0 saturated heterocycles. The van der Waals surface area contributed by atoms with Gasteiger partial charge < -0.3 is 15.4 Å². The molecule has 3 rings (SSSR count). The van der Waals surface area contributed by atoms with Crippen LogP contribution in [0.2, 0.25) is 0 Å². The summed E-state index contributed by atoms with van der Waals surface area (Å²) < 4.78 is 78.6. The van der Waals surface area contributed by atoms with Crippen molar-refractivity contribution >= 4 is 21.4 Å². The van der Waals surface area contributed by atoms with Gasteiger partial charge in [0.25, 0.3) is 5.91 Å². The molecule has 0 aliphatic carbocycles. The Morgan fingerprint density at radius 2 is 1.66 bits per heavy atom. The van der Waals surface area contributed by atoms with Crippen LogP contribution in [0.1, 0.15) is 15.9 Å². The maximum Gasteiger partial charge on any atom is 0.573 e. The largest absolute Gasteiger partial charge is 0.573 e. The van der Waals surface area contributed by atoms with Gasteiger partial charge in [0.2, 0.25) is 0 Å². The number of para-hydroxylation sites is 1. The Kier molecular flexibility index (Phi) is 8.13. The van der Waals surface area contributed by atoms with Crippen LogP contribution in [0.15, 0.2) is 71.6 Å². The smallest absolute Gasteiger partial charge is 0.405 e. The van der Waals surface area contributed by atoms with Crippen molar-refractivity contribution < 1.29 is 35.5 Å². The Bertz CT molecular complexity index is 1290. The van der Waals surface area contributed by atoms with Crippen LogP contribution in [0.25, 0.3) is 11.1 Å². The maximum atomic E-state index is 12.9. The first kappa shape index (κ1) is 26.2. The molecule has 0 saturated carbocycles. The quantitative estimate of drug-likeness (QED) is 0.314. The fraction of sp³-hybridized carbons (Fsp3) is 0.208. The third kappa shape index (κ3) is 7.27. The normalized spacial score (nSPS) is 11.8. The molecule has 1 amide bonds. The zero-order valence-corrected chi connectivity index (χ0v) is 19.3. The molecule has 0 bridgehead atoms. The van der Waals surface area contributed by atoms with Gasteiger partial charge in [-0.1, -0.05) is 24.3 Å². The lowest BCUT2D eigenvalue weighted by atomic mass is 9.96. The van der Waals surface area contributed by atoms with E-state index in [0.717, 1.165) is 6.26 Å². The minimum absolute atomic E-state index is 0.0171. The highest BCUT2D eigenvalue weighted by Crippen LogP contribution is 2.36. The van der Waals surface area contributed by atoms with Gasteiger partial charge in [-0.15, -0.1) is 13.2 Å². The summed E-state index contributed by atoms with van der Waals surface area (Å²) in [5, 5.41) is 5.48. The lowest BCUT2D eigenvalue weighted by Crippen LogP contribution is -2.19. The monoisotopic (exact) mass is 510 g/mol. The summed E-state index contributed by atoms with van der Waals surface area (Å²) in [7, 11) is -3.39.